The molecule has 1 aliphatic heterocycles. The number of anilines is 2. The predicted molar refractivity (Wildman–Crippen MR) is 134 cm³/mol. The van der Waals surface area contributed by atoms with Gasteiger partial charge in [0.1, 0.15) is 22.6 Å². The molecule has 0 aromatic carbocycles. The van der Waals surface area contributed by atoms with Crippen LogP contribution in [0.5, 0.6) is 0 Å². The Hall–Kier alpha value is -3.42. The summed E-state index contributed by atoms with van der Waals surface area (Å²) in [5.41, 5.74) is 0.0759. The molecule has 0 radical (unpaired) electrons. The fourth-order valence-corrected chi connectivity index (χ4v) is 5.53. The molecule has 0 amide bonds. The SMILES string of the molecule is CCCc1nnc(NC(O)C2CN(c3cc(C)c4c(=O)c(C(=O)O)cn(-c5nccs5)c4n3)C2)s1. The number of rotatable bonds is 8. The van der Waals surface area contributed by atoms with Crippen LogP contribution in [0.1, 0.15) is 34.3 Å². The quantitative estimate of drug-likeness (QED) is 0.300. The van der Waals surface area contributed by atoms with E-state index in [0.717, 1.165) is 17.8 Å². The van der Waals surface area contributed by atoms with E-state index in [4.69, 9.17) is 4.98 Å². The maximum absolute atomic E-state index is 12.9. The molecular weight excluding hydrogens is 490 g/mol. The summed E-state index contributed by atoms with van der Waals surface area (Å²) in [5, 5.41) is 35.5. The minimum atomic E-state index is -1.30. The predicted octanol–water partition coefficient (Wildman–Crippen LogP) is 2.52. The van der Waals surface area contributed by atoms with E-state index in [9.17, 15) is 19.8 Å². The highest BCUT2D eigenvalue weighted by molar-refractivity contribution is 7.15. The minimum Gasteiger partial charge on any atom is -0.477 e. The van der Waals surface area contributed by atoms with Gasteiger partial charge in [-0.15, -0.1) is 21.5 Å². The number of aliphatic hydroxyl groups excluding tert-OH is 1. The van der Waals surface area contributed by atoms with Crippen molar-refractivity contribution in [3.8, 4) is 5.13 Å². The van der Waals surface area contributed by atoms with Gasteiger partial charge in [0.2, 0.25) is 10.6 Å². The van der Waals surface area contributed by atoms with E-state index >= 15 is 0 Å². The Morgan fingerprint density at radius 3 is 2.83 bits per heavy atom. The van der Waals surface area contributed by atoms with Gasteiger partial charge in [-0.3, -0.25) is 9.36 Å². The average Bonchev–Trinajstić information content (AvgIpc) is 3.45. The molecule has 1 saturated heterocycles. The maximum Gasteiger partial charge on any atom is 0.341 e. The molecular formula is C22H23N7O4S2. The van der Waals surface area contributed by atoms with Crippen molar-refractivity contribution in [1.82, 2.24) is 24.7 Å². The van der Waals surface area contributed by atoms with Crippen LogP contribution < -0.4 is 15.6 Å². The zero-order valence-electron chi connectivity index (χ0n) is 19.0. The number of hydrogen-bond donors (Lipinski definition) is 3. The summed E-state index contributed by atoms with van der Waals surface area (Å²) in [6.07, 6.45) is 3.96. The zero-order valence-corrected chi connectivity index (χ0v) is 20.6. The number of aliphatic hydroxyl groups is 1. The smallest absolute Gasteiger partial charge is 0.341 e. The van der Waals surface area contributed by atoms with Crippen LogP contribution in [0.25, 0.3) is 16.2 Å². The van der Waals surface area contributed by atoms with Crippen LogP contribution in [-0.2, 0) is 6.42 Å². The van der Waals surface area contributed by atoms with Crippen molar-refractivity contribution in [1.29, 1.82) is 0 Å². The molecule has 5 heterocycles. The number of thiazole rings is 1. The lowest BCUT2D eigenvalue weighted by molar-refractivity contribution is 0.0695. The Morgan fingerprint density at radius 2 is 2.14 bits per heavy atom. The molecule has 0 bridgehead atoms. The van der Waals surface area contributed by atoms with Gasteiger partial charge in [-0.2, -0.15) is 0 Å². The first-order chi connectivity index (χ1) is 16.9. The first-order valence-corrected chi connectivity index (χ1v) is 12.8. The summed E-state index contributed by atoms with van der Waals surface area (Å²) in [6, 6.07) is 1.78. The number of carboxylic acid groups (broad SMARTS) is 1. The summed E-state index contributed by atoms with van der Waals surface area (Å²) in [4.78, 5) is 35.6. The number of carbonyl (C=O) groups is 1. The fraction of sp³-hybridized carbons (Fsp3) is 0.364. The van der Waals surface area contributed by atoms with Crippen molar-refractivity contribution >= 4 is 50.6 Å². The van der Waals surface area contributed by atoms with Crippen molar-refractivity contribution in [3.63, 3.8) is 0 Å². The minimum absolute atomic E-state index is 0.0399. The molecule has 3 N–H and O–H groups in total. The average molecular weight is 514 g/mol. The second-order valence-corrected chi connectivity index (χ2v) is 10.3. The van der Waals surface area contributed by atoms with Crippen molar-refractivity contribution in [2.75, 3.05) is 23.3 Å². The number of nitrogens with zero attached hydrogens (tertiary/aromatic N) is 6. The molecule has 182 valence electrons. The van der Waals surface area contributed by atoms with Gasteiger partial charge >= 0.3 is 5.97 Å². The second kappa shape index (κ2) is 9.32. The Kier molecular flexibility index (Phi) is 6.21. The third-order valence-corrected chi connectivity index (χ3v) is 7.57. The van der Waals surface area contributed by atoms with Crippen LogP contribution in [0.3, 0.4) is 0 Å². The molecule has 1 aliphatic rings. The number of fused-ring (bicyclic) bond motifs is 1. The van der Waals surface area contributed by atoms with Gasteiger partial charge in [0, 0.05) is 43.2 Å². The molecule has 1 atom stereocenters. The molecule has 13 heteroatoms. The fourth-order valence-electron chi connectivity index (χ4n) is 4.04. The van der Waals surface area contributed by atoms with Gasteiger partial charge in [-0.25, -0.2) is 14.8 Å². The Morgan fingerprint density at radius 1 is 1.34 bits per heavy atom. The summed E-state index contributed by atoms with van der Waals surface area (Å²) in [5.74, 6) is -0.691. The number of carboxylic acids is 1. The van der Waals surface area contributed by atoms with Crippen molar-refractivity contribution in [2.45, 2.75) is 32.9 Å². The van der Waals surface area contributed by atoms with Crippen molar-refractivity contribution in [2.24, 2.45) is 5.92 Å². The van der Waals surface area contributed by atoms with Gasteiger partial charge in [-0.1, -0.05) is 18.3 Å². The van der Waals surface area contributed by atoms with Gasteiger partial charge < -0.3 is 20.4 Å². The lowest BCUT2D eigenvalue weighted by Crippen LogP contribution is -2.54. The standard InChI is InChI=1S/C22H23N7O4S2/c1-3-4-15-26-27-21(35-15)25-19(31)12-8-28(9-12)14-7-11(2)16-17(30)13(20(32)33)10-29(18(16)24-14)22-23-5-6-34-22/h5-7,10,12,19,31H,3-4,8-9H2,1-2H3,(H,25,27)(H,32,33). The normalized spacial score (nSPS) is 14.8. The van der Waals surface area contributed by atoms with E-state index in [1.807, 2.05) is 4.90 Å². The molecule has 5 rings (SSSR count). The molecule has 4 aromatic heterocycles. The van der Waals surface area contributed by atoms with E-state index in [1.165, 1.54) is 28.9 Å². The Labute approximate surface area is 207 Å². The number of aryl methyl sites for hydroxylation is 2. The highest BCUT2D eigenvalue weighted by atomic mass is 32.1. The first-order valence-electron chi connectivity index (χ1n) is 11.1. The second-order valence-electron chi connectivity index (χ2n) is 8.36. The van der Waals surface area contributed by atoms with Crippen molar-refractivity contribution in [3.05, 3.63) is 50.2 Å². The van der Waals surface area contributed by atoms with Crippen LogP contribution in [0, 0.1) is 12.8 Å². The highest BCUT2D eigenvalue weighted by Crippen LogP contribution is 2.30. The van der Waals surface area contributed by atoms with E-state index in [-0.39, 0.29) is 16.9 Å². The van der Waals surface area contributed by atoms with E-state index in [2.05, 4.69) is 27.4 Å². The topological polar surface area (TPSA) is 146 Å². The van der Waals surface area contributed by atoms with E-state index in [0.29, 0.717) is 40.4 Å². The lowest BCUT2D eigenvalue weighted by atomic mass is 9.97. The molecule has 1 fully saturated rings. The first kappa shape index (κ1) is 23.3. The monoisotopic (exact) mass is 513 g/mol. The van der Waals surface area contributed by atoms with Crippen molar-refractivity contribution < 1.29 is 15.0 Å². The van der Waals surface area contributed by atoms with Crippen LogP contribution in [0.15, 0.2) is 28.6 Å². The number of pyridine rings is 2. The summed E-state index contributed by atoms with van der Waals surface area (Å²) in [7, 11) is 0. The van der Waals surface area contributed by atoms with Gasteiger partial charge in [0.15, 0.2) is 10.8 Å². The third kappa shape index (κ3) is 4.37. The molecule has 4 aromatic rings. The molecule has 0 saturated carbocycles. The molecule has 0 spiro atoms. The lowest BCUT2D eigenvalue weighted by Gasteiger charge is -2.42. The highest BCUT2D eigenvalue weighted by Gasteiger charge is 2.34. The zero-order chi connectivity index (χ0) is 24.7. The summed E-state index contributed by atoms with van der Waals surface area (Å²) >= 11 is 2.76. The Bertz CT molecular complexity index is 1440. The van der Waals surface area contributed by atoms with E-state index in [1.54, 1.807) is 29.1 Å². The van der Waals surface area contributed by atoms with Gasteiger partial charge in [0.25, 0.3) is 0 Å². The van der Waals surface area contributed by atoms with Gasteiger partial charge in [-0.05, 0) is 25.0 Å². The van der Waals surface area contributed by atoms with E-state index < -0.39 is 17.6 Å². The number of hydrogen-bond acceptors (Lipinski definition) is 11. The number of aromatic nitrogens is 5. The summed E-state index contributed by atoms with van der Waals surface area (Å²) in [6.45, 7) is 4.96. The van der Waals surface area contributed by atoms with Gasteiger partial charge in [0.05, 0.1) is 5.39 Å². The molecule has 11 nitrogen and oxygen atoms in total. The van der Waals surface area contributed by atoms with Crippen LogP contribution >= 0.6 is 22.7 Å². The largest absolute Gasteiger partial charge is 0.477 e. The number of aromatic carboxylic acids is 1. The molecule has 0 aliphatic carbocycles. The Balaban J connectivity index is 1.41. The summed E-state index contributed by atoms with van der Waals surface area (Å²) < 4.78 is 1.55. The van der Waals surface area contributed by atoms with Crippen LogP contribution in [0.4, 0.5) is 10.9 Å². The maximum atomic E-state index is 12.9. The molecule has 1 unspecified atom stereocenters. The third-order valence-electron chi connectivity index (χ3n) is 5.88. The molecule has 35 heavy (non-hydrogen) atoms. The van der Waals surface area contributed by atoms with Crippen LogP contribution in [0.2, 0.25) is 0 Å². The number of nitrogens with one attached hydrogen (secondary N) is 1. The van der Waals surface area contributed by atoms with Crippen LogP contribution in [-0.4, -0.2) is 60.2 Å².